The molecule has 0 rings (SSSR count). The summed E-state index contributed by atoms with van der Waals surface area (Å²) in [4.78, 5) is 10.9. The van der Waals surface area contributed by atoms with Crippen LogP contribution in [0.25, 0.3) is 0 Å². The van der Waals surface area contributed by atoms with E-state index in [4.69, 9.17) is 5.73 Å². The van der Waals surface area contributed by atoms with Gasteiger partial charge in [0, 0.05) is 11.8 Å². The SMILES string of the molecule is CCOC(=O)/C=C(/C)NNC(N)=S. The first kappa shape index (κ1) is 11.7. The smallest absolute Gasteiger partial charge is 0.332 e. The number of hydrogen-bond donors (Lipinski definition) is 3. The van der Waals surface area contributed by atoms with Crippen LogP contribution in [0.2, 0.25) is 0 Å². The van der Waals surface area contributed by atoms with E-state index in [-0.39, 0.29) is 5.11 Å². The molecule has 13 heavy (non-hydrogen) atoms. The van der Waals surface area contributed by atoms with E-state index in [0.717, 1.165) is 0 Å². The van der Waals surface area contributed by atoms with Gasteiger partial charge in [-0.2, -0.15) is 0 Å². The molecule has 6 heteroatoms. The lowest BCUT2D eigenvalue weighted by atomic mass is 10.4. The number of hydrogen-bond acceptors (Lipinski definition) is 4. The number of ether oxygens (including phenoxy) is 1. The molecule has 0 heterocycles. The summed E-state index contributed by atoms with van der Waals surface area (Å²) in [5.74, 6) is -0.405. The van der Waals surface area contributed by atoms with Crippen molar-refractivity contribution in [2.75, 3.05) is 6.61 Å². The minimum atomic E-state index is -0.405. The van der Waals surface area contributed by atoms with E-state index < -0.39 is 5.97 Å². The maximum Gasteiger partial charge on any atom is 0.332 e. The van der Waals surface area contributed by atoms with Gasteiger partial charge < -0.3 is 15.9 Å². The highest BCUT2D eigenvalue weighted by Crippen LogP contribution is 1.87. The average Bonchev–Trinajstić information content (AvgIpc) is 2.01. The fourth-order valence-corrected chi connectivity index (χ4v) is 0.608. The molecule has 0 bridgehead atoms. The maximum atomic E-state index is 10.9. The molecule has 0 aliphatic heterocycles. The van der Waals surface area contributed by atoms with E-state index >= 15 is 0 Å². The van der Waals surface area contributed by atoms with Gasteiger partial charge in [0.1, 0.15) is 0 Å². The fraction of sp³-hybridized carbons (Fsp3) is 0.429. The topological polar surface area (TPSA) is 76.4 Å². The number of nitrogens with one attached hydrogen (secondary N) is 2. The highest BCUT2D eigenvalue weighted by atomic mass is 32.1. The fourth-order valence-electron chi connectivity index (χ4n) is 0.557. The third kappa shape index (κ3) is 7.07. The van der Waals surface area contributed by atoms with E-state index in [2.05, 4.69) is 27.8 Å². The Bertz CT molecular complexity index is 228. The number of allylic oxidation sites excluding steroid dienone is 1. The number of esters is 1. The largest absolute Gasteiger partial charge is 0.463 e. The Morgan fingerprint density at radius 2 is 2.23 bits per heavy atom. The lowest BCUT2D eigenvalue weighted by Gasteiger charge is -2.06. The van der Waals surface area contributed by atoms with Crippen LogP contribution in [0.5, 0.6) is 0 Å². The lowest BCUT2D eigenvalue weighted by molar-refractivity contribution is -0.137. The monoisotopic (exact) mass is 203 g/mol. The van der Waals surface area contributed by atoms with Crippen molar-refractivity contribution in [2.45, 2.75) is 13.8 Å². The van der Waals surface area contributed by atoms with E-state index in [0.29, 0.717) is 12.3 Å². The second kappa shape index (κ2) is 6.24. The van der Waals surface area contributed by atoms with Gasteiger partial charge in [0.25, 0.3) is 0 Å². The Hall–Kier alpha value is -1.30. The van der Waals surface area contributed by atoms with Gasteiger partial charge in [0.05, 0.1) is 6.61 Å². The molecule has 0 aliphatic carbocycles. The Morgan fingerprint density at radius 3 is 2.69 bits per heavy atom. The highest BCUT2D eigenvalue weighted by Gasteiger charge is 1.96. The Balaban J connectivity index is 3.87. The first-order chi connectivity index (χ1) is 6.06. The van der Waals surface area contributed by atoms with Gasteiger partial charge in [-0.25, -0.2) is 4.79 Å². The summed E-state index contributed by atoms with van der Waals surface area (Å²) in [5, 5.41) is 0.108. The Labute approximate surface area is 82.3 Å². The molecule has 74 valence electrons. The van der Waals surface area contributed by atoms with Gasteiger partial charge in [0.15, 0.2) is 5.11 Å². The van der Waals surface area contributed by atoms with E-state index in [1.807, 2.05) is 0 Å². The van der Waals surface area contributed by atoms with Gasteiger partial charge in [0.2, 0.25) is 0 Å². The minimum Gasteiger partial charge on any atom is -0.463 e. The number of rotatable bonds is 4. The van der Waals surface area contributed by atoms with Crippen LogP contribution < -0.4 is 16.6 Å². The standard InChI is InChI=1S/C7H13N3O2S/c1-3-12-6(11)4-5(2)9-10-7(8)13/h4,9H,3H2,1-2H3,(H3,8,10,13)/b5-4-. The van der Waals surface area contributed by atoms with Gasteiger partial charge in [-0.3, -0.25) is 5.43 Å². The number of carbonyl (C=O) groups excluding carboxylic acids is 1. The van der Waals surface area contributed by atoms with Crippen molar-refractivity contribution in [1.82, 2.24) is 10.9 Å². The second-order valence-electron chi connectivity index (χ2n) is 2.19. The van der Waals surface area contributed by atoms with E-state index in [9.17, 15) is 4.79 Å². The normalized spacial score (nSPS) is 10.5. The minimum absolute atomic E-state index is 0.108. The second-order valence-corrected chi connectivity index (χ2v) is 2.63. The molecule has 5 nitrogen and oxygen atoms in total. The predicted octanol–water partition coefficient (Wildman–Crippen LogP) is -0.209. The molecule has 4 N–H and O–H groups in total. The van der Waals surface area contributed by atoms with Crippen molar-refractivity contribution >= 4 is 23.3 Å². The molecule has 0 aliphatic rings. The van der Waals surface area contributed by atoms with Gasteiger partial charge in [-0.15, -0.1) is 0 Å². The van der Waals surface area contributed by atoms with E-state index in [1.54, 1.807) is 13.8 Å². The molecule has 0 atom stereocenters. The summed E-state index contributed by atoms with van der Waals surface area (Å²) in [6, 6.07) is 0. The molecule has 0 saturated carbocycles. The molecular weight excluding hydrogens is 190 g/mol. The number of thiocarbonyl (C=S) groups is 1. The first-order valence-electron chi connectivity index (χ1n) is 3.72. The maximum absolute atomic E-state index is 10.9. The third-order valence-electron chi connectivity index (χ3n) is 1.00. The summed E-state index contributed by atoms with van der Waals surface area (Å²) in [6.45, 7) is 3.77. The molecule has 0 aromatic rings. The molecule has 0 aromatic carbocycles. The van der Waals surface area contributed by atoms with Crippen LogP contribution in [0, 0.1) is 0 Å². The van der Waals surface area contributed by atoms with Gasteiger partial charge in [-0.1, -0.05) is 0 Å². The molecule has 0 amide bonds. The van der Waals surface area contributed by atoms with Crippen LogP contribution in [0.3, 0.4) is 0 Å². The van der Waals surface area contributed by atoms with Crippen molar-refractivity contribution in [1.29, 1.82) is 0 Å². The number of nitrogens with two attached hydrogens (primary N) is 1. The molecule has 0 saturated heterocycles. The van der Waals surface area contributed by atoms with Crippen molar-refractivity contribution < 1.29 is 9.53 Å². The zero-order chi connectivity index (χ0) is 10.3. The quantitative estimate of drug-likeness (QED) is 0.254. The Kier molecular flexibility index (Phi) is 5.62. The van der Waals surface area contributed by atoms with E-state index in [1.165, 1.54) is 6.08 Å². The Morgan fingerprint density at radius 1 is 1.62 bits per heavy atom. The average molecular weight is 203 g/mol. The molecular formula is C7H13N3O2S. The van der Waals surface area contributed by atoms with Crippen LogP contribution in [-0.4, -0.2) is 17.7 Å². The van der Waals surface area contributed by atoms with Gasteiger partial charge >= 0.3 is 5.97 Å². The predicted molar refractivity (Wildman–Crippen MR) is 53.4 cm³/mol. The molecule has 0 spiro atoms. The zero-order valence-corrected chi connectivity index (χ0v) is 8.40. The number of carbonyl (C=O) groups is 1. The summed E-state index contributed by atoms with van der Waals surface area (Å²) < 4.78 is 4.67. The molecule has 0 radical (unpaired) electrons. The summed E-state index contributed by atoms with van der Waals surface area (Å²) in [6.07, 6.45) is 1.30. The van der Waals surface area contributed by atoms with Crippen molar-refractivity contribution in [3.05, 3.63) is 11.8 Å². The first-order valence-corrected chi connectivity index (χ1v) is 4.13. The number of hydrazine groups is 1. The van der Waals surface area contributed by atoms with Crippen LogP contribution in [0.1, 0.15) is 13.8 Å². The van der Waals surface area contributed by atoms with Crippen molar-refractivity contribution in [3.8, 4) is 0 Å². The zero-order valence-electron chi connectivity index (χ0n) is 7.59. The van der Waals surface area contributed by atoms with Crippen LogP contribution >= 0.6 is 12.2 Å². The van der Waals surface area contributed by atoms with Crippen LogP contribution in [0.15, 0.2) is 11.8 Å². The van der Waals surface area contributed by atoms with Gasteiger partial charge in [-0.05, 0) is 26.1 Å². The van der Waals surface area contributed by atoms with Crippen LogP contribution in [-0.2, 0) is 9.53 Å². The van der Waals surface area contributed by atoms with Crippen LogP contribution in [0.4, 0.5) is 0 Å². The third-order valence-corrected chi connectivity index (χ3v) is 1.11. The summed E-state index contributed by atoms with van der Waals surface area (Å²) >= 11 is 4.54. The molecule has 0 fully saturated rings. The molecule has 0 aromatic heterocycles. The summed E-state index contributed by atoms with van der Waals surface area (Å²) in [5.41, 5.74) is 10.8. The highest BCUT2D eigenvalue weighted by molar-refractivity contribution is 7.80. The lowest BCUT2D eigenvalue weighted by Crippen LogP contribution is -2.39. The summed E-state index contributed by atoms with van der Waals surface area (Å²) in [7, 11) is 0. The molecule has 0 unspecified atom stereocenters. The van der Waals surface area contributed by atoms with Crippen molar-refractivity contribution in [3.63, 3.8) is 0 Å². The van der Waals surface area contributed by atoms with Crippen molar-refractivity contribution in [2.24, 2.45) is 5.73 Å².